The van der Waals surface area contributed by atoms with Gasteiger partial charge in [-0.05, 0) is 19.8 Å². The van der Waals surface area contributed by atoms with E-state index in [2.05, 4.69) is 16.9 Å². The van der Waals surface area contributed by atoms with Crippen LogP contribution in [0.5, 0.6) is 0 Å². The lowest BCUT2D eigenvalue weighted by molar-refractivity contribution is -0.150. The zero-order valence-electron chi connectivity index (χ0n) is 15.3. The molecule has 4 rings (SSSR count). The number of carbonyl (C=O) groups excluding carboxylic acids is 1. The van der Waals surface area contributed by atoms with Crippen molar-refractivity contribution < 1.29 is 9.53 Å². The van der Waals surface area contributed by atoms with E-state index in [1.165, 1.54) is 32.1 Å². The van der Waals surface area contributed by atoms with E-state index in [4.69, 9.17) is 4.74 Å². The van der Waals surface area contributed by atoms with Crippen molar-refractivity contribution in [1.82, 2.24) is 19.6 Å². The van der Waals surface area contributed by atoms with Crippen LogP contribution >= 0.6 is 0 Å². The molecule has 0 N–H and O–H groups in total. The first-order valence-corrected chi connectivity index (χ1v) is 9.91. The van der Waals surface area contributed by atoms with E-state index < -0.39 is 0 Å². The Bertz CT molecular complexity index is 590. The van der Waals surface area contributed by atoms with Gasteiger partial charge in [0.2, 0.25) is 5.91 Å². The average molecular weight is 346 g/mol. The van der Waals surface area contributed by atoms with Gasteiger partial charge in [-0.15, -0.1) is 0 Å². The van der Waals surface area contributed by atoms with Gasteiger partial charge in [0.25, 0.3) is 0 Å². The van der Waals surface area contributed by atoms with Crippen LogP contribution in [0.3, 0.4) is 0 Å². The number of amides is 1. The number of hydrogen-bond acceptors (Lipinski definition) is 4. The lowest BCUT2D eigenvalue weighted by atomic mass is 9.88. The van der Waals surface area contributed by atoms with E-state index >= 15 is 0 Å². The minimum atomic E-state index is -0.0347. The lowest BCUT2D eigenvalue weighted by Crippen LogP contribution is -2.59. The predicted octanol–water partition coefficient (Wildman–Crippen LogP) is 2.07. The van der Waals surface area contributed by atoms with Crippen molar-refractivity contribution in [2.45, 2.75) is 57.7 Å². The number of likely N-dealkylation sites (tertiary alicyclic amines) is 1. The highest BCUT2D eigenvalue weighted by molar-refractivity contribution is 5.80. The topological polar surface area (TPSA) is 50.6 Å². The van der Waals surface area contributed by atoms with E-state index in [9.17, 15) is 4.79 Å². The number of morpholine rings is 1. The molecule has 1 aromatic heterocycles. The number of carbonyl (C=O) groups is 1. The lowest BCUT2D eigenvalue weighted by Gasteiger charge is -2.47. The zero-order chi connectivity index (χ0) is 17.2. The van der Waals surface area contributed by atoms with Gasteiger partial charge in [-0.1, -0.05) is 19.3 Å². The molecule has 1 aromatic rings. The monoisotopic (exact) mass is 346 g/mol. The van der Waals surface area contributed by atoms with Crippen LogP contribution < -0.4 is 0 Å². The molecule has 0 bridgehead atoms. The van der Waals surface area contributed by atoms with E-state index in [-0.39, 0.29) is 12.0 Å². The quantitative estimate of drug-likeness (QED) is 0.837. The molecule has 0 radical (unpaired) electrons. The highest BCUT2D eigenvalue weighted by atomic mass is 16.5. The summed E-state index contributed by atoms with van der Waals surface area (Å²) >= 11 is 0. The summed E-state index contributed by atoms with van der Waals surface area (Å²) in [5, 5.41) is 4.33. The summed E-state index contributed by atoms with van der Waals surface area (Å²) < 4.78 is 7.80. The normalized spacial score (nSPS) is 26.6. The van der Waals surface area contributed by atoms with Crippen molar-refractivity contribution in [3.8, 4) is 0 Å². The van der Waals surface area contributed by atoms with Crippen LogP contribution in [0.1, 0.15) is 50.7 Å². The second-order valence-electron chi connectivity index (χ2n) is 7.72. The molecule has 6 nitrogen and oxygen atoms in total. The summed E-state index contributed by atoms with van der Waals surface area (Å²) in [7, 11) is 0. The summed E-state index contributed by atoms with van der Waals surface area (Å²) in [6, 6.07) is 0.732. The van der Waals surface area contributed by atoms with Crippen molar-refractivity contribution in [3.05, 3.63) is 18.0 Å². The van der Waals surface area contributed by atoms with Gasteiger partial charge in [-0.3, -0.25) is 14.4 Å². The predicted molar refractivity (Wildman–Crippen MR) is 95.1 cm³/mol. The van der Waals surface area contributed by atoms with E-state index in [0.717, 1.165) is 37.8 Å². The summed E-state index contributed by atoms with van der Waals surface area (Å²) in [6.45, 7) is 6.84. The highest BCUT2D eigenvalue weighted by Gasteiger charge is 2.40. The minimum absolute atomic E-state index is 0.0347. The summed E-state index contributed by atoms with van der Waals surface area (Å²) in [5.41, 5.74) is 1.08. The largest absolute Gasteiger partial charge is 0.370 e. The standard InChI is InChI=1S/C19H30N4O2/c1-2-23-13-15(10-20-23)18-14-21(8-9-25-18)19(24)16-11-22(12-16)17-6-4-3-5-7-17/h10,13,16-18H,2-9,11-12,14H2,1H3/t18-/m1/s1. The number of aromatic nitrogens is 2. The first kappa shape index (κ1) is 17.0. The Morgan fingerprint density at radius 2 is 2.04 bits per heavy atom. The molecule has 6 heteroatoms. The van der Waals surface area contributed by atoms with Crippen molar-refractivity contribution in [1.29, 1.82) is 0 Å². The second-order valence-corrected chi connectivity index (χ2v) is 7.72. The van der Waals surface area contributed by atoms with Crippen molar-refractivity contribution in [2.75, 3.05) is 32.8 Å². The number of rotatable bonds is 4. The highest BCUT2D eigenvalue weighted by Crippen LogP contribution is 2.30. The van der Waals surface area contributed by atoms with Gasteiger partial charge in [0.05, 0.1) is 25.3 Å². The molecule has 1 atom stereocenters. The van der Waals surface area contributed by atoms with Gasteiger partial charge in [-0.2, -0.15) is 5.10 Å². The third-order valence-electron chi connectivity index (χ3n) is 6.08. The van der Waals surface area contributed by atoms with Crippen LogP contribution in [-0.4, -0.2) is 64.3 Å². The Labute approximate surface area is 150 Å². The number of ether oxygens (including phenoxy) is 1. The van der Waals surface area contributed by atoms with Gasteiger partial charge < -0.3 is 9.64 Å². The first-order valence-electron chi connectivity index (χ1n) is 9.91. The fraction of sp³-hybridized carbons (Fsp3) is 0.789. The molecule has 0 unspecified atom stereocenters. The molecular weight excluding hydrogens is 316 g/mol. The van der Waals surface area contributed by atoms with Crippen LogP contribution in [0.2, 0.25) is 0 Å². The summed E-state index contributed by atoms with van der Waals surface area (Å²) in [4.78, 5) is 17.4. The van der Waals surface area contributed by atoms with E-state index in [1.54, 1.807) is 0 Å². The maximum atomic E-state index is 12.9. The number of aryl methyl sites for hydroxylation is 1. The minimum Gasteiger partial charge on any atom is -0.370 e. The maximum Gasteiger partial charge on any atom is 0.228 e. The molecule has 3 fully saturated rings. The van der Waals surface area contributed by atoms with Crippen LogP contribution in [0.25, 0.3) is 0 Å². The van der Waals surface area contributed by atoms with Crippen LogP contribution in [0, 0.1) is 5.92 Å². The maximum absolute atomic E-state index is 12.9. The van der Waals surface area contributed by atoms with Crippen LogP contribution in [0.15, 0.2) is 12.4 Å². The SMILES string of the molecule is CCn1cc([C@H]2CN(C(=O)C3CN(C4CCCCC4)C3)CCO2)cn1. The Hall–Kier alpha value is -1.40. The average Bonchev–Trinajstić information content (AvgIpc) is 3.11. The zero-order valence-corrected chi connectivity index (χ0v) is 15.3. The number of hydrogen-bond donors (Lipinski definition) is 0. The van der Waals surface area contributed by atoms with Gasteiger partial charge in [-0.25, -0.2) is 0 Å². The molecular formula is C19H30N4O2. The summed E-state index contributed by atoms with van der Waals surface area (Å²) in [6.07, 6.45) is 10.6. The van der Waals surface area contributed by atoms with Crippen LogP contribution in [-0.2, 0) is 16.1 Å². The van der Waals surface area contributed by atoms with E-state index in [0.29, 0.717) is 19.1 Å². The Morgan fingerprint density at radius 1 is 1.24 bits per heavy atom. The van der Waals surface area contributed by atoms with Gasteiger partial charge in [0, 0.05) is 44.0 Å². The van der Waals surface area contributed by atoms with Crippen molar-refractivity contribution >= 4 is 5.91 Å². The first-order chi connectivity index (χ1) is 12.2. The van der Waals surface area contributed by atoms with Crippen molar-refractivity contribution in [2.24, 2.45) is 5.92 Å². The molecule has 1 aliphatic carbocycles. The molecule has 1 amide bonds. The third kappa shape index (κ3) is 3.60. The molecule has 3 heterocycles. The van der Waals surface area contributed by atoms with Gasteiger partial charge in [0.1, 0.15) is 6.10 Å². The molecule has 25 heavy (non-hydrogen) atoms. The van der Waals surface area contributed by atoms with Gasteiger partial charge in [0.15, 0.2) is 0 Å². The molecule has 3 aliphatic rings. The molecule has 138 valence electrons. The van der Waals surface area contributed by atoms with Gasteiger partial charge >= 0.3 is 0 Å². The van der Waals surface area contributed by atoms with Crippen molar-refractivity contribution in [3.63, 3.8) is 0 Å². The van der Waals surface area contributed by atoms with E-state index in [1.807, 2.05) is 22.0 Å². The fourth-order valence-electron chi connectivity index (χ4n) is 4.44. The Morgan fingerprint density at radius 3 is 2.76 bits per heavy atom. The molecule has 0 aromatic carbocycles. The van der Waals surface area contributed by atoms with Crippen LogP contribution in [0.4, 0.5) is 0 Å². The molecule has 2 aliphatic heterocycles. The Kier molecular flexibility index (Phi) is 5.08. The molecule has 1 saturated carbocycles. The molecule has 2 saturated heterocycles. The second kappa shape index (κ2) is 7.46. The summed E-state index contributed by atoms with van der Waals surface area (Å²) in [5.74, 6) is 0.516. The third-order valence-corrected chi connectivity index (χ3v) is 6.08. The fourth-order valence-corrected chi connectivity index (χ4v) is 4.44. The number of nitrogens with zero attached hydrogens (tertiary/aromatic N) is 4. The smallest absolute Gasteiger partial charge is 0.228 e. The Balaban J connectivity index is 1.30. The molecule has 0 spiro atoms.